The number of quaternary nitrogens is 2. The van der Waals surface area contributed by atoms with Gasteiger partial charge in [0, 0.05) is 10.8 Å². The molecule has 0 atom stereocenters. The molecule has 2 fully saturated rings. The van der Waals surface area contributed by atoms with Crippen LogP contribution in [0.4, 0.5) is 23.3 Å². The zero-order chi connectivity index (χ0) is 37.7. The van der Waals surface area contributed by atoms with Crippen LogP contribution in [-0.2, 0) is 9.59 Å². The van der Waals surface area contributed by atoms with E-state index in [-0.39, 0.29) is 34.8 Å². The molecule has 0 aliphatic carbocycles. The van der Waals surface area contributed by atoms with Crippen LogP contribution in [0, 0.1) is 0 Å². The van der Waals surface area contributed by atoms with Crippen LogP contribution in [0.5, 0.6) is 0 Å². The van der Waals surface area contributed by atoms with Gasteiger partial charge in [-0.05, 0) is 74.9 Å². The lowest BCUT2D eigenvalue weighted by Gasteiger charge is -2.36. The molecular weight excluding hydrogens is 685 g/mol. The molecule has 4 N–H and O–H groups in total. The summed E-state index contributed by atoms with van der Waals surface area (Å²) in [7, 11) is 4.21. The van der Waals surface area contributed by atoms with Gasteiger partial charge in [-0.1, -0.05) is 36.4 Å². The Labute approximate surface area is 313 Å². The van der Waals surface area contributed by atoms with E-state index < -0.39 is 11.8 Å². The highest BCUT2D eigenvalue weighted by Gasteiger charge is 2.29. The molecule has 0 unspecified atom stereocenters. The van der Waals surface area contributed by atoms with Crippen LogP contribution in [0.2, 0.25) is 0 Å². The first kappa shape index (κ1) is 36.5. The summed E-state index contributed by atoms with van der Waals surface area (Å²) in [6.45, 7) is 4.63. The minimum Gasteiger partial charge on any atom is -0.318 e. The second-order valence-electron chi connectivity index (χ2n) is 15.0. The lowest BCUT2D eigenvalue weighted by atomic mass is 10.1. The first-order valence-electron chi connectivity index (χ1n) is 18.6. The largest absolute Gasteiger partial charge is 0.318 e. The molecule has 0 spiro atoms. The highest BCUT2D eigenvalue weighted by molar-refractivity contribution is 6.09. The van der Waals surface area contributed by atoms with Crippen molar-refractivity contribution < 1.29 is 28.1 Å². The Balaban J connectivity index is 1.03. The molecule has 7 rings (SSSR count). The van der Waals surface area contributed by atoms with Crippen LogP contribution < -0.4 is 21.3 Å². The molecule has 14 nitrogen and oxygen atoms in total. The molecule has 54 heavy (non-hydrogen) atoms. The van der Waals surface area contributed by atoms with Gasteiger partial charge in [-0.3, -0.25) is 19.2 Å². The standard InChI is InChI=1S/C40H44N10O4/c1-49(21-5-3-6-22-49)25-35(51)45-31-11-9-13-33(43-31)47-39(53)29-19-17-27-15-16-28-18-20-30(42-38(28)37(27)41-29)40(54)48-34-14-10-12-32(44-34)46-36(52)26-50(2)23-7-4-8-24-50/h9-20H,3-8,21-26H2,1-2H3,(H2-2,43,44,45,46,47,48,51,52,53,54)/p+2. The highest BCUT2D eigenvalue weighted by Crippen LogP contribution is 2.25. The maximum atomic E-state index is 13.4. The summed E-state index contributed by atoms with van der Waals surface area (Å²) in [6.07, 6.45) is 6.86. The molecule has 14 heteroatoms. The number of benzene rings is 1. The zero-order valence-corrected chi connectivity index (χ0v) is 30.7. The maximum absolute atomic E-state index is 13.4. The first-order valence-corrected chi connectivity index (χ1v) is 18.6. The number of pyridine rings is 4. The predicted octanol–water partition coefficient (Wildman–Crippen LogP) is 5.22. The fourth-order valence-electron chi connectivity index (χ4n) is 7.45. The molecule has 1 aromatic carbocycles. The topological polar surface area (TPSA) is 168 Å². The molecule has 0 bridgehead atoms. The minimum absolute atomic E-state index is 0.119. The van der Waals surface area contributed by atoms with E-state index in [1.807, 2.05) is 12.1 Å². The van der Waals surface area contributed by atoms with Gasteiger partial charge in [0.25, 0.3) is 23.6 Å². The Bertz CT molecular complexity index is 2070. The van der Waals surface area contributed by atoms with E-state index in [0.717, 1.165) is 62.6 Å². The number of fused-ring (bicyclic) bond motifs is 3. The molecular formula is C40H46N10O4+2. The average molecular weight is 731 g/mol. The van der Waals surface area contributed by atoms with E-state index in [9.17, 15) is 19.2 Å². The number of aromatic nitrogens is 4. The number of amides is 4. The number of carbonyl (C=O) groups is 4. The lowest BCUT2D eigenvalue weighted by molar-refractivity contribution is -0.906. The van der Waals surface area contributed by atoms with E-state index in [1.165, 1.54) is 12.8 Å². The molecule has 4 aromatic heterocycles. The number of nitrogens with one attached hydrogen (secondary N) is 4. The van der Waals surface area contributed by atoms with Crippen molar-refractivity contribution in [1.82, 2.24) is 19.9 Å². The van der Waals surface area contributed by atoms with Crippen LogP contribution in [-0.4, -0.2) is 106 Å². The van der Waals surface area contributed by atoms with E-state index >= 15 is 0 Å². The third-order valence-electron chi connectivity index (χ3n) is 10.3. The van der Waals surface area contributed by atoms with Crippen molar-refractivity contribution in [2.75, 3.05) is 74.6 Å². The fourth-order valence-corrected chi connectivity index (χ4v) is 7.45. The van der Waals surface area contributed by atoms with E-state index in [0.29, 0.717) is 44.7 Å². The van der Waals surface area contributed by atoms with E-state index in [1.54, 1.807) is 60.7 Å². The van der Waals surface area contributed by atoms with Crippen molar-refractivity contribution >= 4 is 68.7 Å². The van der Waals surface area contributed by atoms with Crippen molar-refractivity contribution in [1.29, 1.82) is 0 Å². The van der Waals surface area contributed by atoms with Gasteiger partial charge < -0.3 is 30.2 Å². The van der Waals surface area contributed by atoms with Crippen molar-refractivity contribution in [3.05, 3.63) is 84.2 Å². The maximum Gasteiger partial charge on any atom is 0.280 e. The number of likely N-dealkylation sites (N-methyl/N-ethyl adjacent to an activating group) is 2. The minimum atomic E-state index is -0.491. The molecule has 5 aromatic rings. The van der Waals surface area contributed by atoms with Gasteiger partial charge >= 0.3 is 0 Å². The number of piperidine rings is 2. The molecule has 4 amide bonds. The molecule has 0 saturated carbocycles. The molecule has 0 radical (unpaired) electrons. The summed E-state index contributed by atoms with van der Waals surface area (Å²) in [5.74, 6) is 0.0152. The Morgan fingerprint density at radius 2 is 0.833 bits per heavy atom. The average Bonchev–Trinajstić information content (AvgIpc) is 3.14. The predicted molar refractivity (Wildman–Crippen MR) is 208 cm³/mol. The van der Waals surface area contributed by atoms with Crippen LogP contribution in [0.25, 0.3) is 21.8 Å². The van der Waals surface area contributed by atoms with Crippen molar-refractivity contribution in [2.45, 2.75) is 38.5 Å². The highest BCUT2D eigenvalue weighted by atomic mass is 16.2. The number of rotatable bonds is 10. The number of anilines is 4. The van der Waals surface area contributed by atoms with Crippen molar-refractivity contribution in [3.8, 4) is 0 Å². The van der Waals surface area contributed by atoms with Gasteiger partial charge in [-0.15, -0.1) is 0 Å². The van der Waals surface area contributed by atoms with Gasteiger partial charge in [0.2, 0.25) is 0 Å². The number of hydrogen-bond donors (Lipinski definition) is 4. The quantitative estimate of drug-likeness (QED) is 0.112. The van der Waals surface area contributed by atoms with E-state index in [4.69, 9.17) is 0 Å². The third kappa shape index (κ3) is 8.84. The molecule has 278 valence electrons. The van der Waals surface area contributed by atoms with Gasteiger partial charge in [-0.2, -0.15) is 0 Å². The van der Waals surface area contributed by atoms with Crippen molar-refractivity contribution in [2.24, 2.45) is 0 Å². The SMILES string of the molecule is C[N+]1(CC(=O)Nc2cccc(NC(=O)c3ccc4ccc5ccc(C(=O)Nc6cccc(NC(=O)C[N+]7(C)CCCCC7)n6)nc5c4n3)n2)CCCCC1. The summed E-state index contributed by atoms with van der Waals surface area (Å²) in [6, 6.07) is 20.6. The Morgan fingerprint density at radius 3 is 1.22 bits per heavy atom. The summed E-state index contributed by atoms with van der Waals surface area (Å²) < 4.78 is 1.41. The molecule has 2 saturated heterocycles. The lowest BCUT2D eigenvalue weighted by Crippen LogP contribution is -2.52. The number of likely N-dealkylation sites (tertiary alicyclic amines) is 2. The second kappa shape index (κ2) is 15.6. The fraction of sp³-hybridized carbons (Fsp3) is 0.350. The number of hydrogen-bond acceptors (Lipinski definition) is 8. The van der Waals surface area contributed by atoms with Crippen LogP contribution in [0.1, 0.15) is 59.5 Å². The monoisotopic (exact) mass is 730 g/mol. The summed E-state index contributed by atoms with van der Waals surface area (Å²) in [5, 5.41) is 12.8. The van der Waals surface area contributed by atoms with Gasteiger partial charge in [0.05, 0.1) is 51.3 Å². The molecule has 2 aliphatic heterocycles. The number of nitrogens with zero attached hydrogens (tertiary/aromatic N) is 6. The molecule has 6 heterocycles. The normalized spacial score (nSPS) is 16.3. The van der Waals surface area contributed by atoms with Crippen LogP contribution >= 0.6 is 0 Å². The Hall–Kier alpha value is -5.86. The van der Waals surface area contributed by atoms with Gasteiger partial charge in [0.15, 0.2) is 13.1 Å². The summed E-state index contributed by atoms with van der Waals surface area (Å²) in [5.41, 5.74) is 1.16. The Kier molecular flexibility index (Phi) is 10.6. The summed E-state index contributed by atoms with van der Waals surface area (Å²) in [4.78, 5) is 70.6. The van der Waals surface area contributed by atoms with Crippen molar-refractivity contribution in [3.63, 3.8) is 0 Å². The smallest absolute Gasteiger partial charge is 0.280 e. The van der Waals surface area contributed by atoms with E-state index in [2.05, 4.69) is 55.3 Å². The molecule has 2 aliphatic rings. The Morgan fingerprint density at radius 1 is 0.481 bits per heavy atom. The third-order valence-corrected chi connectivity index (χ3v) is 10.3. The van der Waals surface area contributed by atoms with Crippen LogP contribution in [0.15, 0.2) is 72.8 Å². The second-order valence-corrected chi connectivity index (χ2v) is 15.0. The van der Waals surface area contributed by atoms with Gasteiger partial charge in [-0.25, -0.2) is 19.9 Å². The first-order chi connectivity index (χ1) is 26.0. The zero-order valence-electron chi connectivity index (χ0n) is 30.7. The number of carbonyl (C=O) groups excluding carboxylic acids is 4. The van der Waals surface area contributed by atoms with Crippen LogP contribution in [0.3, 0.4) is 0 Å². The summed E-state index contributed by atoms with van der Waals surface area (Å²) >= 11 is 0. The van der Waals surface area contributed by atoms with Gasteiger partial charge in [0.1, 0.15) is 34.7 Å².